The molecule has 0 spiro atoms. The SMILES string of the molecule is COc1cc(OC)cc(-c2nn(CN3CCc4sccc4C3)c(=S)o2)c1. The Bertz CT molecular complexity index is 954. The number of benzene rings is 1. The van der Waals surface area contributed by atoms with Gasteiger partial charge in [-0.2, -0.15) is 0 Å². The van der Waals surface area contributed by atoms with Gasteiger partial charge >= 0.3 is 0 Å². The minimum Gasteiger partial charge on any atom is -0.497 e. The van der Waals surface area contributed by atoms with Crippen molar-refractivity contribution in [2.24, 2.45) is 0 Å². The highest BCUT2D eigenvalue weighted by atomic mass is 32.1. The predicted molar refractivity (Wildman–Crippen MR) is 102 cm³/mol. The molecule has 26 heavy (non-hydrogen) atoms. The third kappa shape index (κ3) is 3.40. The first-order chi connectivity index (χ1) is 12.7. The van der Waals surface area contributed by atoms with Crippen molar-refractivity contribution >= 4 is 23.6 Å². The number of rotatable bonds is 5. The lowest BCUT2D eigenvalue weighted by Crippen LogP contribution is -2.32. The smallest absolute Gasteiger partial charge is 0.288 e. The lowest BCUT2D eigenvalue weighted by molar-refractivity contribution is 0.187. The number of aromatic nitrogens is 2. The van der Waals surface area contributed by atoms with Crippen LogP contribution in [0.5, 0.6) is 11.5 Å². The highest BCUT2D eigenvalue weighted by molar-refractivity contribution is 7.71. The number of nitrogens with zero attached hydrogens (tertiary/aromatic N) is 3. The lowest BCUT2D eigenvalue weighted by atomic mass is 10.1. The summed E-state index contributed by atoms with van der Waals surface area (Å²) in [5.74, 6) is 1.81. The maximum absolute atomic E-state index is 5.73. The summed E-state index contributed by atoms with van der Waals surface area (Å²) in [4.78, 5) is 4.16. The van der Waals surface area contributed by atoms with E-state index in [0.29, 0.717) is 28.9 Å². The van der Waals surface area contributed by atoms with Gasteiger partial charge in [0.2, 0.25) is 5.89 Å². The van der Waals surface area contributed by atoms with Crippen molar-refractivity contribution in [2.75, 3.05) is 20.8 Å². The van der Waals surface area contributed by atoms with Crippen LogP contribution < -0.4 is 9.47 Å². The molecule has 0 radical (unpaired) electrons. The summed E-state index contributed by atoms with van der Waals surface area (Å²) in [7, 11) is 3.23. The third-order valence-corrected chi connectivity index (χ3v) is 5.74. The molecule has 1 aromatic carbocycles. The van der Waals surface area contributed by atoms with Crippen LogP contribution >= 0.6 is 23.6 Å². The molecule has 0 unspecified atom stereocenters. The number of ether oxygens (including phenoxy) is 2. The second-order valence-corrected chi connectivity index (χ2v) is 7.44. The fourth-order valence-electron chi connectivity index (χ4n) is 3.06. The Hall–Kier alpha value is -2.16. The molecule has 0 atom stereocenters. The Labute approximate surface area is 160 Å². The van der Waals surface area contributed by atoms with Gasteiger partial charge < -0.3 is 13.9 Å². The minimum atomic E-state index is 0.359. The molecule has 8 heteroatoms. The first-order valence-corrected chi connectivity index (χ1v) is 9.54. The van der Waals surface area contributed by atoms with Gasteiger partial charge in [-0.3, -0.25) is 4.90 Å². The number of methoxy groups -OCH3 is 2. The van der Waals surface area contributed by atoms with Gasteiger partial charge in [0.15, 0.2) is 0 Å². The molecule has 0 aliphatic carbocycles. The normalized spacial score (nSPS) is 14.2. The zero-order valence-corrected chi connectivity index (χ0v) is 16.2. The van der Waals surface area contributed by atoms with E-state index in [9.17, 15) is 0 Å². The van der Waals surface area contributed by atoms with Crippen molar-refractivity contribution in [1.82, 2.24) is 14.7 Å². The fourth-order valence-corrected chi connectivity index (χ4v) is 4.13. The van der Waals surface area contributed by atoms with Crippen LogP contribution in [0.25, 0.3) is 11.5 Å². The van der Waals surface area contributed by atoms with E-state index in [4.69, 9.17) is 26.1 Å². The molecule has 0 N–H and O–H groups in total. The van der Waals surface area contributed by atoms with Gasteiger partial charge in [0, 0.05) is 29.6 Å². The van der Waals surface area contributed by atoms with Gasteiger partial charge in [-0.1, -0.05) is 0 Å². The van der Waals surface area contributed by atoms with Gasteiger partial charge in [0.1, 0.15) is 11.5 Å². The fraction of sp³-hybridized carbons (Fsp3) is 0.333. The molecule has 0 fully saturated rings. The summed E-state index contributed by atoms with van der Waals surface area (Å²) in [6, 6.07) is 7.71. The maximum Gasteiger partial charge on any atom is 0.288 e. The Morgan fingerprint density at radius 2 is 2.00 bits per heavy atom. The Morgan fingerprint density at radius 1 is 1.23 bits per heavy atom. The van der Waals surface area contributed by atoms with E-state index in [-0.39, 0.29) is 0 Å². The zero-order chi connectivity index (χ0) is 18.1. The van der Waals surface area contributed by atoms with Gasteiger partial charge in [-0.25, -0.2) is 4.68 Å². The van der Waals surface area contributed by atoms with Gasteiger partial charge in [0.05, 0.1) is 20.9 Å². The third-order valence-electron chi connectivity index (χ3n) is 4.43. The van der Waals surface area contributed by atoms with Crippen molar-refractivity contribution in [3.8, 4) is 23.0 Å². The van der Waals surface area contributed by atoms with Crippen molar-refractivity contribution < 1.29 is 13.9 Å². The summed E-state index contributed by atoms with van der Waals surface area (Å²) in [5, 5.41) is 6.72. The monoisotopic (exact) mass is 389 g/mol. The molecule has 1 aliphatic rings. The number of hydrogen-bond donors (Lipinski definition) is 0. The molecular formula is C18H19N3O3S2. The Balaban J connectivity index is 1.58. The van der Waals surface area contributed by atoms with Crippen LogP contribution in [0.2, 0.25) is 0 Å². The van der Waals surface area contributed by atoms with Crippen LogP contribution in [0.4, 0.5) is 0 Å². The van der Waals surface area contributed by atoms with Crippen molar-refractivity contribution in [1.29, 1.82) is 0 Å². The van der Waals surface area contributed by atoms with Crippen molar-refractivity contribution in [2.45, 2.75) is 19.6 Å². The summed E-state index contributed by atoms with van der Waals surface area (Å²) < 4.78 is 18.1. The molecule has 0 amide bonds. The van der Waals surface area contributed by atoms with Crippen LogP contribution in [0.15, 0.2) is 34.1 Å². The van der Waals surface area contributed by atoms with Gasteiger partial charge in [-0.15, -0.1) is 16.4 Å². The molecule has 2 aromatic heterocycles. The van der Waals surface area contributed by atoms with Crippen LogP contribution in [0.3, 0.4) is 0 Å². The largest absolute Gasteiger partial charge is 0.497 e. The molecule has 1 aliphatic heterocycles. The van der Waals surface area contributed by atoms with E-state index in [1.165, 1.54) is 10.4 Å². The van der Waals surface area contributed by atoms with Crippen LogP contribution in [-0.4, -0.2) is 35.4 Å². The Kier molecular flexibility index (Phi) is 4.80. The number of fused-ring (bicyclic) bond motifs is 1. The summed E-state index contributed by atoms with van der Waals surface area (Å²) in [5.41, 5.74) is 2.17. The summed E-state index contributed by atoms with van der Waals surface area (Å²) >= 11 is 7.20. The van der Waals surface area contributed by atoms with Crippen LogP contribution in [0, 0.1) is 4.84 Å². The summed E-state index contributed by atoms with van der Waals surface area (Å²) in [6.07, 6.45) is 1.07. The van der Waals surface area contributed by atoms with Crippen LogP contribution in [0.1, 0.15) is 10.4 Å². The highest BCUT2D eigenvalue weighted by Gasteiger charge is 2.19. The van der Waals surface area contributed by atoms with Crippen LogP contribution in [-0.2, 0) is 19.6 Å². The van der Waals surface area contributed by atoms with Gasteiger partial charge in [0.25, 0.3) is 4.84 Å². The lowest BCUT2D eigenvalue weighted by Gasteiger charge is -2.26. The molecule has 0 bridgehead atoms. The number of thiophene rings is 1. The van der Waals surface area contributed by atoms with Crippen molar-refractivity contribution in [3.63, 3.8) is 0 Å². The van der Waals surface area contributed by atoms with E-state index in [1.54, 1.807) is 25.0 Å². The standard InChI is InChI=1S/C18H19N3O3S2/c1-22-14-7-13(8-15(9-14)23-2)17-19-21(18(25)24-17)11-20-5-3-16-12(10-20)4-6-26-16/h4,6-9H,3,5,10-11H2,1-2H3. The predicted octanol–water partition coefficient (Wildman–Crippen LogP) is 3.97. The zero-order valence-electron chi connectivity index (χ0n) is 14.6. The molecule has 3 aromatic rings. The Morgan fingerprint density at radius 3 is 2.73 bits per heavy atom. The van der Waals surface area contributed by atoms with E-state index in [1.807, 2.05) is 23.5 Å². The minimum absolute atomic E-state index is 0.359. The second-order valence-electron chi connectivity index (χ2n) is 6.09. The van der Waals surface area contributed by atoms with E-state index in [2.05, 4.69) is 21.4 Å². The van der Waals surface area contributed by atoms with Gasteiger partial charge in [-0.05, 0) is 47.8 Å². The topological polar surface area (TPSA) is 52.7 Å². The molecule has 136 valence electrons. The first kappa shape index (κ1) is 17.3. The second kappa shape index (κ2) is 7.22. The molecule has 3 heterocycles. The van der Waals surface area contributed by atoms with E-state index >= 15 is 0 Å². The molecule has 6 nitrogen and oxygen atoms in total. The van der Waals surface area contributed by atoms with E-state index in [0.717, 1.165) is 25.1 Å². The molecule has 0 saturated heterocycles. The molecule has 4 rings (SSSR count). The quantitative estimate of drug-likeness (QED) is 0.616. The first-order valence-electron chi connectivity index (χ1n) is 8.25. The maximum atomic E-state index is 5.73. The molecular weight excluding hydrogens is 370 g/mol. The van der Waals surface area contributed by atoms with Crippen molar-refractivity contribution in [3.05, 3.63) is 44.9 Å². The average molecular weight is 390 g/mol. The van der Waals surface area contributed by atoms with E-state index < -0.39 is 0 Å². The number of hydrogen-bond acceptors (Lipinski definition) is 7. The summed E-state index contributed by atoms with van der Waals surface area (Å²) in [6.45, 7) is 2.51. The highest BCUT2D eigenvalue weighted by Crippen LogP contribution is 2.29. The molecule has 0 saturated carbocycles. The average Bonchev–Trinajstić information content (AvgIpc) is 3.27.